The Kier molecular flexibility index (Phi) is 1.65. The van der Waals surface area contributed by atoms with Crippen molar-refractivity contribution < 1.29 is 5.11 Å². The van der Waals surface area contributed by atoms with Gasteiger partial charge in [-0.3, -0.25) is 0 Å². The van der Waals surface area contributed by atoms with Gasteiger partial charge >= 0.3 is 0 Å². The highest BCUT2D eigenvalue weighted by Gasteiger charge is 2.08. The molecule has 3 N–H and O–H groups in total. The lowest BCUT2D eigenvalue weighted by Gasteiger charge is -2.14. The van der Waals surface area contributed by atoms with E-state index in [1.54, 1.807) is 6.08 Å². The minimum Gasteiger partial charge on any atom is -0.389 e. The van der Waals surface area contributed by atoms with E-state index in [1.165, 1.54) is 0 Å². The second-order valence-electron chi connectivity index (χ2n) is 2.19. The van der Waals surface area contributed by atoms with Gasteiger partial charge in [-0.1, -0.05) is 12.2 Å². The lowest BCUT2D eigenvalue weighted by molar-refractivity contribution is 0.201. The van der Waals surface area contributed by atoms with Crippen molar-refractivity contribution in [1.29, 1.82) is 0 Å². The van der Waals surface area contributed by atoms with E-state index >= 15 is 0 Å². The molecule has 0 heterocycles. The first kappa shape index (κ1) is 5.79. The van der Waals surface area contributed by atoms with Crippen molar-refractivity contribution in [2.45, 2.75) is 25.0 Å². The molecule has 0 aromatic carbocycles. The van der Waals surface area contributed by atoms with Crippen LogP contribution in [0.1, 0.15) is 12.8 Å². The third kappa shape index (κ3) is 1.32. The normalized spacial score (nSPS) is 37.8. The molecule has 0 fully saturated rings. The third-order valence-electron chi connectivity index (χ3n) is 1.38. The molecule has 46 valence electrons. The molecule has 0 aromatic heterocycles. The molecular weight excluding hydrogens is 102 g/mol. The predicted octanol–water partition coefficient (Wildman–Crippen LogP) is 0.0246. The first-order chi connectivity index (χ1) is 3.79. The zero-order valence-corrected chi connectivity index (χ0v) is 4.75. The Balaban J connectivity index is 2.42. The predicted molar refractivity (Wildman–Crippen MR) is 32.4 cm³/mol. The summed E-state index contributed by atoms with van der Waals surface area (Å²) in [6.45, 7) is 0. The smallest absolute Gasteiger partial charge is 0.0722 e. The molecule has 0 unspecified atom stereocenters. The second-order valence-corrected chi connectivity index (χ2v) is 2.19. The van der Waals surface area contributed by atoms with E-state index in [0.29, 0.717) is 0 Å². The Labute approximate surface area is 49.0 Å². The van der Waals surface area contributed by atoms with Gasteiger partial charge in [0.25, 0.3) is 0 Å². The summed E-state index contributed by atoms with van der Waals surface area (Å²) in [5.41, 5.74) is 5.50. The molecule has 0 bridgehead atoms. The van der Waals surface area contributed by atoms with Gasteiger partial charge in [-0.15, -0.1) is 0 Å². The quantitative estimate of drug-likeness (QED) is 0.435. The van der Waals surface area contributed by atoms with Gasteiger partial charge in [0.15, 0.2) is 0 Å². The summed E-state index contributed by atoms with van der Waals surface area (Å²) < 4.78 is 0. The van der Waals surface area contributed by atoms with Crippen molar-refractivity contribution in [3.05, 3.63) is 12.2 Å². The van der Waals surface area contributed by atoms with Gasteiger partial charge in [-0.05, 0) is 12.8 Å². The molecule has 1 aliphatic rings. The van der Waals surface area contributed by atoms with Crippen LogP contribution in [0.5, 0.6) is 0 Å². The summed E-state index contributed by atoms with van der Waals surface area (Å²) in [5, 5.41) is 8.88. The van der Waals surface area contributed by atoms with Gasteiger partial charge in [0, 0.05) is 6.04 Å². The van der Waals surface area contributed by atoms with E-state index in [1.807, 2.05) is 6.08 Å². The Bertz CT molecular complexity index is 88.7. The Morgan fingerprint density at radius 3 is 2.50 bits per heavy atom. The van der Waals surface area contributed by atoms with Gasteiger partial charge in [0.1, 0.15) is 0 Å². The standard InChI is InChI=1S/C6H11NO/c7-5-1-3-6(8)4-2-5/h1,3,5-6,8H,2,4,7H2/t5-,6+/m0/s1. The minimum atomic E-state index is -0.241. The fourth-order valence-electron chi connectivity index (χ4n) is 0.827. The van der Waals surface area contributed by atoms with E-state index in [4.69, 9.17) is 10.8 Å². The molecule has 1 aliphatic carbocycles. The van der Waals surface area contributed by atoms with Crippen molar-refractivity contribution in [3.8, 4) is 0 Å². The van der Waals surface area contributed by atoms with Crippen LogP contribution in [0.15, 0.2) is 12.2 Å². The number of hydrogen-bond donors (Lipinski definition) is 2. The molecule has 0 amide bonds. The summed E-state index contributed by atoms with van der Waals surface area (Å²) in [7, 11) is 0. The van der Waals surface area contributed by atoms with Crippen LogP contribution in [-0.4, -0.2) is 17.3 Å². The highest BCUT2D eigenvalue weighted by molar-refractivity contribution is 5.00. The molecule has 0 radical (unpaired) electrons. The molecule has 8 heavy (non-hydrogen) atoms. The zero-order valence-electron chi connectivity index (χ0n) is 4.75. The number of nitrogens with two attached hydrogens (primary N) is 1. The summed E-state index contributed by atoms with van der Waals surface area (Å²) in [5.74, 6) is 0. The molecular formula is C6H11NO. The summed E-state index contributed by atoms with van der Waals surface area (Å²) in [6.07, 6.45) is 5.10. The molecule has 1 rings (SSSR count). The van der Waals surface area contributed by atoms with Crippen molar-refractivity contribution in [3.63, 3.8) is 0 Å². The van der Waals surface area contributed by atoms with Gasteiger partial charge in [0.2, 0.25) is 0 Å². The molecule has 2 atom stereocenters. The lowest BCUT2D eigenvalue weighted by atomic mass is 10.0. The topological polar surface area (TPSA) is 46.2 Å². The maximum absolute atomic E-state index is 8.88. The number of hydrogen-bond acceptors (Lipinski definition) is 2. The van der Waals surface area contributed by atoms with Gasteiger partial charge in [0.05, 0.1) is 6.10 Å². The number of aliphatic hydroxyl groups is 1. The van der Waals surface area contributed by atoms with Crippen LogP contribution in [0, 0.1) is 0 Å². The van der Waals surface area contributed by atoms with Crippen LogP contribution in [0.25, 0.3) is 0 Å². The van der Waals surface area contributed by atoms with Crippen LogP contribution < -0.4 is 5.73 Å². The third-order valence-corrected chi connectivity index (χ3v) is 1.38. The van der Waals surface area contributed by atoms with E-state index in [-0.39, 0.29) is 12.1 Å². The van der Waals surface area contributed by atoms with Crippen LogP contribution in [0.4, 0.5) is 0 Å². The molecule has 0 saturated carbocycles. The highest BCUT2D eigenvalue weighted by Crippen LogP contribution is 2.08. The lowest BCUT2D eigenvalue weighted by Crippen LogP contribution is -2.23. The van der Waals surface area contributed by atoms with E-state index in [9.17, 15) is 0 Å². The van der Waals surface area contributed by atoms with E-state index in [0.717, 1.165) is 12.8 Å². The maximum Gasteiger partial charge on any atom is 0.0722 e. The SMILES string of the molecule is N[C@H]1C=C[C@@H](O)CC1. The molecule has 2 heteroatoms. The monoisotopic (exact) mass is 113 g/mol. The number of aliphatic hydroxyl groups excluding tert-OH is 1. The molecule has 0 saturated heterocycles. The van der Waals surface area contributed by atoms with E-state index < -0.39 is 0 Å². The highest BCUT2D eigenvalue weighted by atomic mass is 16.3. The van der Waals surface area contributed by atoms with Crippen molar-refractivity contribution in [1.82, 2.24) is 0 Å². The van der Waals surface area contributed by atoms with E-state index in [2.05, 4.69) is 0 Å². The summed E-state index contributed by atoms with van der Waals surface area (Å²) in [4.78, 5) is 0. The van der Waals surface area contributed by atoms with Gasteiger partial charge in [-0.2, -0.15) is 0 Å². The molecule has 0 spiro atoms. The molecule has 2 nitrogen and oxygen atoms in total. The Morgan fingerprint density at radius 1 is 1.38 bits per heavy atom. The first-order valence-corrected chi connectivity index (χ1v) is 2.91. The number of rotatable bonds is 0. The summed E-state index contributed by atoms with van der Waals surface area (Å²) in [6, 6.07) is 0.179. The van der Waals surface area contributed by atoms with Crippen LogP contribution >= 0.6 is 0 Å². The average Bonchev–Trinajstić information content (AvgIpc) is 1.77. The minimum absolute atomic E-state index is 0.179. The van der Waals surface area contributed by atoms with Crippen LogP contribution in [0.3, 0.4) is 0 Å². The zero-order chi connectivity index (χ0) is 5.98. The van der Waals surface area contributed by atoms with Crippen LogP contribution in [-0.2, 0) is 0 Å². The second kappa shape index (κ2) is 2.29. The van der Waals surface area contributed by atoms with Crippen molar-refractivity contribution >= 4 is 0 Å². The fraction of sp³-hybridized carbons (Fsp3) is 0.667. The van der Waals surface area contributed by atoms with Gasteiger partial charge < -0.3 is 10.8 Å². The van der Waals surface area contributed by atoms with Crippen molar-refractivity contribution in [2.24, 2.45) is 5.73 Å². The van der Waals surface area contributed by atoms with Crippen molar-refractivity contribution in [2.75, 3.05) is 0 Å². The average molecular weight is 113 g/mol. The molecule has 0 aromatic rings. The summed E-state index contributed by atoms with van der Waals surface area (Å²) >= 11 is 0. The maximum atomic E-state index is 8.88. The Morgan fingerprint density at radius 2 is 2.12 bits per heavy atom. The molecule has 0 aliphatic heterocycles. The van der Waals surface area contributed by atoms with Crippen LogP contribution in [0.2, 0.25) is 0 Å². The van der Waals surface area contributed by atoms with Gasteiger partial charge in [-0.25, -0.2) is 0 Å². The fourth-order valence-corrected chi connectivity index (χ4v) is 0.827. The first-order valence-electron chi connectivity index (χ1n) is 2.91. The largest absolute Gasteiger partial charge is 0.389 e. The Hall–Kier alpha value is -0.340.